The minimum Gasteiger partial charge on any atom is -0.493 e. The fourth-order valence-electron chi connectivity index (χ4n) is 3.26. The van der Waals surface area contributed by atoms with Crippen molar-refractivity contribution in [2.45, 2.75) is 11.5 Å². The van der Waals surface area contributed by atoms with Gasteiger partial charge in [0.25, 0.3) is 5.91 Å². The maximum atomic E-state index is 12.5. The van der Waals surface area contributed by atoms with Gasteiger partial charge in [-0.25, -0.2) is 5.43 Å². The SMILES string of the molecule is COc1cc(C(=O)N/N=C/c2ccc(OS(=O)(=O)c3ccccc3)cc2)ccc1OCc1ccccc1. The van der Waals surface area contributed by atoms with Gasteiger partial charge in [0.2, 0.25) is 0 Å². The number of amides is 1. The zero-order chi connectivity index (χ0) is 26.1. The molecule has 0 fully saturated rings. The smallest absolute Gasteiger partial charge is 0.339 e. The predicted octanol–water partition coefficient (Wildman–Crippen LogP) is 4.81. The second kappa shape index (κ2) is 11.9. The van der Waals surface area contributed by atoms with Crippen LogP contribution in [0.2, 0.25) is 0 Å². The van der Waals surface area contributed by atoms with Crippen molar-refractivity contribution in [3.8, 4) is 17.2 Å². The predicted molar refractivity (Wildman–Crippen MR) is 140 cm³/mol. The standard InChI is InChI=1S/C28H24N2O6S/c1-34-27-18-23(14-17-26(27)35-20-22-8-4-2-5-9-22)28(31)30-29-19-21-12-15-24(16-13-21)36-37(32,33)25-10-6-3-7-11-25/h2-19H,20H2,1H3,(H,30,31)/b29-19+. The van der Waals surface area contributed by atoms with Crippen LogP contribution in [0.1, 0.15) is 21.5 Å². The van der Waals surface area contributed by atoms with Crippen molar-refractivity contribution in [1.82, 2.24) is 5.43 Å². The first-order valence-corrected chi connectivity index (χ1v) is 12.6. The highest BCUT2D eigenvalue weighted by Crippen LogP contribution is 2.29. The molecule has 1 amide bonds. The van der Waals surface area contributed by atoms with E-state index in [0.29, 0.717) is 29.2 Å². The maximum Gasteiger partial charge on any atom is 0.339 e. The third-order valence-corrected chi connectivity index (χ3v) is 6.42. The lowest BCUT2D eigenvalue weighted by Crippen LogP contribution is -2.17. The quantitative estimate of drug-likeness (QED) is 0.184. The summed E-state index contributed by atoms with van der Waals surface area (Å²) < 4.78 is 41.0. The Morgan fingerprint density at radius 2 is 1.54 bits per heavy atom. The Hall–Kier alpha value is -4.63. The van der Waals surface area contributed by atoms with Crippen molar-refractivity contribution in [3.05, 3.63) is 120 Å². The lowest BCUT2D eigenvalue weighted by molar-refractivity contribution is 0.0954. The molecule has 0 radical (unpaired) electrons. The first-order chi connectivity index (χ1) is 17.9. The largest absolute Gasteiger partial charge is 0.493 e. The molecule has 0 aliphatic rings. The number of carbonyl (C=O) groups excluding carboxylic acids is 1. The van der Waals surface area contributed by atoms with Gasteiger partial charge in [-0.2, -0.15) is 13.5 Å². The number of carbonyl (C=O) groups is 1. The van der Waals surface area contributed by atoms with E-state index in [1.807, 2.05) is 30.3 Å². The van der Waals surface area contributed by atoms with Crippen LogP contribution in [0.25, 0.3) is 0 Å². The van der Waals surface area contributed by atoms with Crippen LogP contribution in [0, 0.1) is 0 Å². The summed E-state index contributed by atoms with van der Waals surface area (Å²) in [5.41, 5.74) is 4.44. The van der Waals surface area contributed by atoms with Gasteiger partial charge in [0.15, 0.2) is 11.5 Å². The number of hydrazone groups is 1. The van der Waals surface area contributed by atoms with Gasteiger partial charge in [0.05, 0.1) is 13.3 Å². The Bertz CT molecular complexity index is 1470. The van der Waals surface area contributed by atoms with Crippen LogP contribution in [-0.4, -0.2) is 27.6 Å². The molecule has 4 aromatic carbocycles. The molecule has 37 heavy (non-hydrogen) atoms. The lowest BCUT2D eigenvalue weighted by atomic mass is 10.2. The highest BCUT2D eigenvalue weighted by atomic mass is 32.2. The van der Waals surface area contributed by atoms with E-state index in [9.17, 15) is 13.2 Å². The van der Waals surface area contributed by atoms with Crippen LogP contribution in [0.3, 0.4) is 0 Å². The number of nitrogens with one attached hydrogen (secondary N) is 1. The van der Waals surface area contributed by atoms with Crippen molar-refractivity contribution in [2.75, 3.05) is 7.11 Å². The average molecular weight is 517 g/mol. The topological polar surface area (TPSA) is 103 Å². The van der Waals surface area contributed by atoms with E-state index < -0.39 is 16.0 Å². The molecule has 0 spiro atoms. The van der Waals surface area contributed by atoms with Crippen molar-refractivity contribution in [3.63, 3.8) is 0 Å². The number of methoxy groups -OCH3 is 1. The molecular formula is C28H24N2O6S. The Morgan fingerprint density at radius 1 is 0.865 bits per heavy atom. The molecule has 4 rings (SSSR count). The molecule has 0 bridgehead atoms. The van der Waals surface area contributed by atoms with E-state index in [2.05, 4.69) is 10.5 Å². The van der Waals surface area contributed by atoms with Crippen LogP contribution >= 0.6 is 0 Å². The van der Waals surface area contributed by atoms with Crippen molar-refractivity contribution < 1.29 is 26.9 Å². The molecule has 0 aromatic heterocycles. The van der Waals surface area contributed by atoms with Crippen molar-refractivity contribution in [2.24, 2.45) is 5.10 Å². The summed E-state index contributed by atoms with van der Waals surface area (Å²) in [6.07, 6.45) is 1.43. The van der Waals surface area contributed by atoms with E-state index in [1.165, 1.54) is 37.6 Å². The molecule has 1 N–H and O–H groups in total. The number of ether oxygens (including phenoxy) is 2. The van der Waals surface area contributed by atoms with E-state index in [1.54, 1.807) is 48.5 Å². The molecule has 0 unspecified atom stereocenters. The molecule has 0 aliphatic carbocycles. The number of rotatable bonds is 10. The monoisotopic (exact) mass is 516 g/mol. The first-order valence-electron chi connectivity index (χ1n) is 11.2. The van der Waals surface area contributed by atoms with Gasteiger partial charge >= 0.3 is 10.1 Å². The fraction of sp³-hybridized carbons (Fsp3) is 0.0714. The molecule has 8 nitrogen and oxygen atoms in total. The Balaban J connectivity index is 1.34. The van der Waals surface area contributed by atoms with Crippen LogP contribution in [-0.2, 0) is 16.7 Å². The normalized spacial score (nSPS) is 11.2. The average Bonchev–Trinajstić information content (AvgIpc) is 2.93. The number of nitrogens with zero attached hydrogens (tertiary/aromatic N) is 1. The second-order valence-electron chi connectivity index (χ2n) is 7.76. The highest BCUT2D eigenvalue weighted by molar-refractivity contribution is 7.87. The molecule has 0 saturated carbocycles. The third kappa shape index (κ3) is 6.96. The van der Waals surface area contributed by atoms with Gasteiger partial charge in [-0.3, -0.25) is 4.79 Å². The van der Waals surface area contributed by atoms with E-state index in [4.69, 9.17) is 13.7 Å². The van der Waals surface area contributed by atoms with Crippen LogP contribution in [0.5, 0.6) is 17.2 Å². The minimum atomic E-state index is -3.92. The number of hydrogen-bond donors (Lipinski definition) is 1. The molecule has 4 aromatic rings. The molecule has 0 aliphatic heterocycles. The van der Waals surface area contributed by atoms with Gasteiger partial charge < -0.3 is 13.7 Å². The number of benzene rings is 4. The second-order valence-corrected chi connectivity index (χ2v) is 9.30. The van der Waals surface area contributed by atoms with E-state index in [0.717, 1.165) is 5.56 Å². The van der Waals surface area contributed by atoms with Crippen LogP contribution < -0.4 is 19.1 Å². The molecule has 0 atom stereocenters. The van der Waals surface area contributed by atoms with Crippen molar-refractivity contribution >= 4 is 22.2 Å². The first kappa shape index (κ1) is 25.5. The molecule has 0 saturated heterocycles. The number of hydrogen-bond acceptors (Lipinski definition) is 7. The Morgan fingerprint density at radius 3 is 2.22 bits per heavy atom. The molecule has 9 heteroatoms. The summed E-state index contributed by atoms with van der Waals surface area (Å²) in [6.45, 7) is 0.370. The summed E-state index contributed by atoms with van der Waals surface area (Å²) in [6, 6.07) is 28.7. The molecule has 0 heterocycles. The van der Waals surface area contributed by atoms with Crippen LogP contribution in [0.4, 0.5) is 0 Å². The summed E-state index contributed by atoms with van der Waals surface area (Å²) in [5.74, 6) is 0.668. The Kier molecular flexibility index (Phi) is 8.17. The molecule has 188 valence electrons. The Labute approximate surface area is 215 Å². The molecular weight excluding hydrogens is 492 g/mol. The van der Waals surface area contributed by atoms with Gasteiger partial charge in [-0.05, 0) is 65.7 Å². The summed E-state index contributed by atoms with van der Waals surface area (Å²) >= 11 is 0. The third-order valence-electron chi connectivity index (χ3n) is 5.16. The zero-order valence-electron chi connectivity index (χ0n) is 19.9. The minimum absolute atomic E-state index is 0.0655. The fourth-order valence-corrected chi connectivity index (χ4v) is 4.22. The summed E-state index contributed by atoms with van der Waals surface area (Å²) in [4.78, 5) is 12.6. The zero-order valence-corrected chi connectivity index (χ0v) is 20.7. The van der Waals surface area contributed by atoms with Gasteiger partial charge in [0, 0.05) is 5.56 Å². The highest BCUT2D eigenvalue weighted by Gasteiger charge is 2.16. The van der Waals surface area contributed by atoms with Crippen LogP contribution in [0.15, 0.2) is 113 Å². The van der Waals surface area contributed by atoms with E-state index >= 15 is 0 Å². The van der Waals surface area contributed by atoms with E-state index in [-0.39, 0.29) is 10.6 Å². The van der Waals surface area contributed by atoms with Gasteiger partial charge in [-0.1, -0.05) is 48.5 Å². The summed E-state index contributed by atoms with van der Waals surface area (Å²) in [5, 5.41) is 3.97. The van der Waals surface area contributed by atoms with Crippen molar-refractivity contribution in [1.29, 1.82) is 0 Å². The van der Waals surface area contributed by atoms with Gasteiger partial charge in [0.1, 0.15) is 17.3 Å². The lowest BCUT2D eigenvalue weighted by Gasteiger charge is -2.12. The maximum absolute atomic E-state index is 12.5. The van der Waals surface area contributed by atoms with Gasteiger partial charge in [-0.15, -0.1) is 0 Å². The summed E-state index contributed by atoms with van der Waals surface area (Å²) in [7, 11) is -2.42.